The predicted octanol–water partition coefficient (Wildman–Crippen LogP) is 4.63. The van der Waals surface area contributed by atoms with Gasteiger partial charge in [0.1, 0.15) is 16.9 Å². The zero-order valence-electron chi connectivity index (χ0n) is 15.9. The van der Waals surface area contributed by atoms with E-state index >= 15 is 0 Å². The van der Waals surface area contributed by atoms with Crippen molar-refractivity contribution in [3.63, 3.8) is 0 Å². The van der Waals surface area contributed by atoms with Crippen LogP contribution in [0.4, 0.5) is 5.69 Å². The number of methoxy groups -OCH3 is 1. The highest BCUT2D eigenvalue weighted by molar-refractivity contribution is 6.06. The lowest BCUT2D eigenvalue weighted by Crippen LogP contribution is -2.29. The first kappa shape index (κ1) is 17.9. The molecular formula is C23H22N2O3. The first-order chi connectivity index (χ1) is 13.6. The van der Waals surface area contributed by atoms with Crippen molar-refractivity contribution in [2.24, 2.45) is 0 Å². The largest absolute Gasteiger partial charge is 0.495 e. The van der Waals surface area contributed by atoms with Gasteiger partial charge in [-0.25, -0.2) is 0 Å². The van der Waals surface area contributed by atoms with Gasteiger partial charge in [0.25, 0.3) is 0 Å². The quantitative estimate of drug-likeness (QED) is 0.516. The van der Waals surface area contributed by atoms with Crippen LogP contribution in [-0.2, 0) is 11.3 Å². The monoisotopic (exact) mass is 374 g/mol. The van der Waals surface area contributed by atoms with Crippen LogP contribution in [0, 0.1) is 6.92 Å². The third kappa shape index (κ3) is 3.64. The number of carbonyl (C=O) groups excluding carboxylic acids is 1. The Balaban J connectivity index is 1.47. The fourth-order valence-corrected chi connectivity index (χ4v) is 3.32. The molecular weight excluding hydrogens is 352 g/mol. The fourth-order valence-electron chi connectivity index (χ4n) is 3.32. The molecule has 1 heterocycles. The second-order valence-electron chi connectivity index (χ2n) is 6.77. The van der Waals surface area contributed by atoms with Crippen molar-refractivity contribution in [2.45, 2.75) is 13.5 Å². The lowest BCUT2D eigenvalue weighted by atomic mass is 10.1. The number of fused-ring (bicyclic) bond motifs is 3. The van der Waals surface area contributed by atoms with Gasteiger partial charge in [-0.1, -0.05) is 48.0 Å². The van der Waals surface area contributed by atoms with E-state index in [0.717, 1.165) is 33.2 Å². The number of amides is 1. The number of anilines is 1. The van der Waals surface area contributed by atoms with Crippen molar-refractivity contribution < 1.29 is 13.9 Å². The fraction of sp³-hybridized carbons (Fsp3) is 0.174. The second-order valence-corrected chi connectivity index (χ2v) is 6.77. The predicted molar refractivity (Wildman–Crippen MR) is 112 cm³/mol. The zero-order valence-corrected chi connectivity index (χ0v) is 15.9. The minimum atomic E-state index is -0.0896. The highest BCUT2D eigenvalue weighted by Crippen LogP contribution is 2.36. The van der Waals surface area contributed by atoms with Crippen LogP contribution < -0.4 is 15.4 Å². The second kappa shape index (κ2) is 7.64. The number of carbonyl (C=O) groups is 1. The molecule has 0 fully saturated rings. The number of nitrogens with one attached hydrogen (secondary N) is 2. The lowest BCUT2D eigenvalue weighted by molar-refractivity contribution is -0.119. The Hall–Kier alpha value is -3.47. The van der Waals surface area contributed by atoms with Crippen molar-refractivity contribution in [2.75, 3.05) is 19.0 Å². The maximum Gasteiger partial charge on any atom is 0.239 e. The Morgan fingerprint density at radius 3 is 2.68 bits per heavy atom. The number of aryl methyl sites for hydroxylation is 1. The summed E-state index contributed by atoms with van der Waals surface area (Å²) < 4.78 is 11.4. The number of benzene rings is 3. The van der Waals surface area contributed by atoms with Gasteiger partial charge in [-0.05, 0) is 24.6 Å². The summed E-state index contributed by atoms with van der Waals surface area (Å²) in [5.74, 6) is 0.582. The number of furan rings is 1. The minimum absolute atomic E-state index is 0.0896. The Kier molecular flexibility index (Phi) is 4.89. The van der Waals surface area contributed by atoms with Crippen molar-refractivity contribution in [3.8, 4) is 5.75 Å². The van der Waals surface area contributed by atoms with E-state index in [9.17, 15) is 4.79 Å². The molecule has 0 aliphatic carbocycles. The Morgan fingerprint density at radius 1 is 1.00 bits per heavy atom. The molecule has 1 aromatic heterocycles. The van der Waals surface area contributed by atoms with E-state index in [-0.39, 0.29) is 12.5 Å². The van der Waals surface area contributed by atoms with Gasteiger partial charge in [-0.2, -0.15) is 0 Å². The van der Waals surface area contributed by atoms with Gasteiger partial charge in [0.15, 0.2) is 0 Å². The van der Waals surface area contributed by atoms with Crippen LogP contribution in [-0.4, -0.2) is 19.6 Å². The average molecular weight is 374 g/mol. The van der Waals surface area contributed by atoms with Crippen LogP contribution in [0.5, 0.6) is 5.75 Å². The van der Waals surface area contributed by atoms with Gasteiger partial charge in [0.2, 0.25) is 5.91 Å². The first-order valence-corrected chi connectivity index (χ1v) is 9.19. The number of para-hydroxylation sites is 1. The highest BCUT2D eigenvalue weighted by atomic mass is 16.5. The average Bonchev–Trinajstić information content (AvgIpc) is 3.07. The zero-order chi connectivity index (χ0) is 19.5. The molecule has 0 saturated carbocycles. The van der Waals surface area contributed by atoms with Gasteiger partial charge in [-0.15, -0.1) is 0 Å². The van der Waals surface area contributed by atoms with E-state index in [1.54, 1.807) is 7.11 Å². The summed E-state index contributed by atoms with van der Waals surface area (Å²) >= 11 is 0. The topological polar surface area (TPSA) is 63.5 Å². The third-order valence-electron chi connectivity index (χ3n) is 4.71. The normalized spacial score (nSPS) is 10.9. The molecule has 2 N–H and O–H groups in total. The van der Waals surface area contributed by atoms with E-state index in [1.807, 2.05) is 61.5 Å². The molecule has 0 atom stereocenters. The molecule has 0 unspecified atom stereocenters. The molecule has 1 amide bonds. The Morgan fingerprint density at radius 2 is 1.86 bits per heavy atom. The number of rotatable bonds is 6. The van der Waals surface area contributed by atoms with E-state index in [0.29, 0.717) is 12.3 Å². The number of hydrogen-bond acceptors (Lipinski definition) is 4. The van der Waals surface area contributed by atoms with Crippen molar-refractivity contribution >= 4 is 33.5 Å². The number of hydrogen-bond donors (Lipinski definition) is 2. The van der Waals surface area contributed by atoms with Gasteiger partial charge < -0.3 is 19.8 Å². The number of ether oxygens (including phenoxy) is 1. The molecule has 142 valence electrons. The van der Waals surface area contributed by atoms with E-state index < -0.39 is 0 Å². The molecule has 3 aromatic carbocycles. The molecule has 0 bridgehead atoms. The third-order valence-corrected chi connectivity index (χ3v) is 4.71. The van der Waals surface area contributed by atoms with Crippen molar-refractivity contribution in [1.82, 2.24) is 5.32 Å². The first-order valence-electron chi connectivity index (χ1n) is 9.19. The van der Waals surface area contributed by atoms with Crippen LogP contribution in [0.15, 0.2) is 65.1 Å². The summed E-state index contributed by atoms with van der Waals surface area (Å²) in [4.78, 5) is 12.2. The lowest BCUT2D eigenvalue weighted by Gasteiger charge is -2.12. The van der Waals surface area contributed by atoms with Crippen molar-refractivity contribution in [1.29, 1.82) is 0 Å². The summed E-state index contributed by atoms with van der Waals surface area (Å²) in [5.41, 5.74) is 4.56. The standard InChI is InChI=1S/C23H22N2O3/c1-15-6-5-7-16(10-15)13-25-23(26)14-24-19-12-21-18(11-22(19)27-2)17-8-3-4-9-20(17)28-21/h3-12,24H,13-14H2,1-2H3,(H,25,26). The smallest absolute Gasteiger partial charge is 0.239 e. The van der Waals surface area contributed by atoms with Crippen LogP contribution in [0.1, 0.15) is 11.1 Å². The van der Waals surface area contributed by atoms with E-state index in [1.165, 1.54) is 5.56 Å². The molecule has 0 radical (unpaired) electrons. The van der Waals surface area contributed by atoms with Crippen LogP contribution in [0.3, 0.4) is 0 Å². The molecule has 28 heavy (non-hydrogen) atoms. The molecule has 0 saturated heterocycles. The minimum Gasteiger partial charge on any atom is -0.495 e. The molecule has 5 heteroatoms. The molecule has 5 nitrogen and oxygen atoms in total. The Bertz CT molecular complexity index is 1150. The summed E-state index contributed by atoms with van der Waals surface area (Å²) in [5, 5.41) is 8.11. The van der Waals surface area contributed by atoms with E-state index in [2.05, 4.69) is 16.7 Å². The van der Waals surface area contributed by atoms with Gasteiger partial charge in [0, 0.05) is 23.4 Å². The van der Waals surface area contributed by atoms with Gasteiger partial charge >= 0.3 is 0 Å². The van der Waals surface area contributed by atoms with E-state index in [4.69, 9.17) is 9.15 Å². The molecule has 0 spiro atoms. The maximum atomic E-state index is 12.2. The molecule has 4 aromatic rings. The summed E-state index contributed by atoms with van der Waals surface area (Å²) in [6, 6.07) is 19.8. The summed E-state index contributed by atoms with van der Waals surface area (Å²) in [6.45, 7) is 2.68. The van der Waals surface area contributed by atoms with Crippen LogP contribution in [0.25, 0.3) is 21.9 Å². The SMILES string of the molecule is COc1cc2c(cc1NCC(=O)NCc1cccc(C)c1)oc1ccccc12. The molecule has 4 rings (SSSR count). The maximum absolute atomic E-state index is 12.2. The summed E-state index contributed by atoms with van der Waals surface area (Å²) in [6.07, 6.45) is 0. The summed E-state index contributed by atoms with van der Waals surface area (Å²) in [7, 11) is 1.62. The van der Waals surface area contributed by atoms with Crippen LogP contribution >= 0.6 is 0 Å². The highest BCUT2D eigenvalue weighted by Gasteiger charge is 2.13. The van der Waals surface area contributed by atoms with Crippen LogP contribution in [0.2, 0.25) is 0 Å². The van der Waals surface area contributed by atoms with Crippen molar-refractivity contribution in [3.05, 3.63) is 71.8 Å². The van der Waals surface area contributed by atoms with Gasteiger partial charge in [0.05, 0.1) is 19.3 Å². The Labute approximate surface area is 163 Å². The molecule has 0 aliphatic rings. The van der Waals surface area contributed by atoms with Gasteiger partial charge in [-0.3, -0.25) is 4.79 Å². The molecule has 0 aliphatic heterocycles.